The first kappa shape index (κ1) is 16.6. The molecule has 0 unspecified atom stereocenters. The highest BCUT2D eigenvalue weighted by atomic mass is 35.5. The quantitative estimate of drug-likeness (QED) is 0.744. The molecule has 0 radical (unpaired) electrons. The molecule has 0 aliphatic heterocycles. The summed E-state index contributed by atoms with van der Waals surface area (Å²) in [6.45, 7) is -0.00571. The molecule has 0 atom stereocenters. The summed E-state index contributed by atoms with van der Waals surface area (Å²) in [5.74, 6) is -2.78. The molecule has 0 aliphatic rings. The maximum atomic E-state index is 14.3. The molecular weight excluding hydrogens is 358 g/mol. The van der Waals surface area contributed by atoms with Gasteiger partial charge in [0.05, 0.1) is 16.1 Å². The third-order valence-corrected chi connectivity index (χ3v) is 4.57. The molecule has 2 aromatic carbocycles. The number of carbonyl (C=O) groups excluding carboxylic acids is 1. The van der Waals surface area contributed by atoms with Gasteiger partial charge in [0.1, 0.15) is 22.9 Å². The van der Waals surface area contributed by atoms with Gasteiger partial charge in [-0.15, -0.1) is 11.3 Å². The van der Waals surface area contributed by atoms with Crippen molar-refractivity contribution in [1.29, 1.82) is 0 Å². The van der Waals surface area contributed by atoms with Crippen LogP contribution in [0, 0.1) is 11.6 Å². The smallest absolute Gasteiger partial charge is 0.222 e. The molecular formula is C16H11ClF2N2O2S. The Bertz CT molecular complexity index is 930. The molecule has 0 fully saturated rings. The fraction of sp³-hybridized carbons (Fsp3) is 0.125. The van der Waals surface area contributed by atoms with Crippen LogP contribution in [0.5, 0.6) is 5.75 Å². The highest BCUT2D eigenvalue weighted by molar-refractivity contribution is 7.18. The van der Waals surface area contributed by atoms with Crippen molar-refractivity contribution in [3.05, 3.63) is 57.6 Å². The molecule has 4 nitrogen and oxygen atoms in total. The van der Waals surface area contributed by atoms with E-state index in [4.69, 9.17) is 22.1 Å². The Morgan fingerprint density at radius 3 is 2.79 bits per heavy atom. The van der Waals surface area contributed by atoms with E-state index in [0.29, 0.717) is 15.5 Å². The van der Waals surface area contributed by atoms with Gasteiger partial charge in [0.15, 0.2) is 11.6 Å². The van der Waals surface area contributed by atoms with Crippen molar-refractivity contribution >= 4 is 39.1 Å². The summed E-state index contributed by atoms with van der Waals surface area (Å²) >= 11 is 7.42. The minimum Gasteiger partial charge on any atom is -0.483 e. The number of nitrogens with two attached hydrogens (primary N) is 1. The number of primary amides is 1. The molecule has 0 bridgehead atoms. The molecule has 0 saturated heterocycles. The fourth-order valence-corrected chi connectivity index (χ4v) is 3.37. The molecule has 3 aromatic rings. The summed E-state index contributed by atoms with van der Waals surface area (Å²) < 4.78 is 34.1. The Hall–Kier alpha value is -2.25. The number of hydrogen-bond acceptors (Lipinski definition) is 4. The minimum atomic E-state index is -0.937. The van der Waals surface area contributed by atoms with Gasteiger partial charge in [0.25, 0.3) is 0 Å². The van der Waals surface area contributed by atoms with Gasteiger partial charge >= 0.3 is 0 Å². The average molecular weight is 369 g/mol. The Kier molecular flexibility index (Phi) is 4.64. The van der Waals surface area contributed by atoms with Crippen LogP contribution in [0.2, 0.25) is 5.02 Å². The SMILES string of the molecule is NC(=O)Cc1c(F)ccc(OCc2nc3c(Cl)cccc3s2)c1F. The highest BCUT2D eigenvalue weighted by Crippen LogP contribution is 2.29. The lowest BCUT2D eigenvalue weighted by Gasteiger charge is -2.09. The van der Waals surface area contributed by atoms with Crippen molar-refractivity contribution in [2.24, 2.45) is 5.73 Å². The van der Waals surface area contributed by atoms with Crippen molar-refractivity contribution in [2.75, 3.05) is 0 Å². The van der Waals surface area contributed by atoms with Crippen LogP contribution in [0.4, 0.5) is 8.78 Å². The third kappa shape index (κ3) is 3.32. The van der Waals surface area contributed by atoms with E-state index in [-0.39, 0.29) is 12.4 Å². The summed E-state index contributed by atoms with van der Waals surface area (Å²) in [6, 6.07) is 7.60. The monoisotopic (exact) mass is 368 g/mol. The number of thiazole rings is 1. The van der Waals surface area contributed by atoms with Gasteiger partial charge in [0, 0.05) is 5.56 Å². The van der Waals surface area contributed by atoms with E-state index in [9.17, 15) is 13.6 Å². The number of nitrogens with zero attached hydrogens (tertiary/aromatic N) is 1. The number of para-hydroxylation sites is 1. The molecule has 8 heteroatoms. The van der Waals surface area contributed by atoms with Crippen molar-refractivity contribution < 1.29 is 18.3 Å². The van der Waals surface area contributed by atoms with Gasteiger partial charge in [-0.25, -0.2) is 13.8 Å². The standard InChI is InChI=1S/C16H11ClF2N2O2S/c17-9-2-1-3-12-16(9)21-14(24-12)7-23-11-5-4-10(18)8(15(11)19)6-13(20)22/h1-5H,6-7H2,(H2,20,22). The van der Waals surface area contributed by atoms with Crippen molar-refractivity contribution in [2.45, 2.75) is 13.0 Å². The van der Waals surface area contributed by atoms with E-state index in [1.165, 1.54) is 11.3 Å². The predicted molar refractivity (Wildman–Crippen MR) is 88.2 cm³/mol. The number of hydrogen-bond donors (Lipinski definition) is 1. The molecule has 24 heavy (non-hydrogen) atoms. The number of rotatable bonds is 5. The zero-order valence-electron chi connectivity index (χ0n) is 12.2. The van der Waals surface area contributed by atoms with Gasteiger partial charge in [-0.2, -0.15) is 0 Å². The van der Waals surface area contributed by atoms with Crippen LogP contribution < -0.4 is 10.5 Å². The summed E-state index contributed by atoms with van der Waals surface area (Å²) in [5, 5.41) is 1.12. The van der Waals surface area contributed by atoms with Crippen LogP contribution in [0.1, 0.15) is 10.6 Å². The zero-order valence-corrected chi connectivity index (χ0v) is 13.8. The number of carbonyl (C=O) groups is 1. The van der Waals surface area contributed by atoms with Gasteiger partial charge in [0.2, 0.25) is 5.91 Å². The second-order valence-electron chi connectivity index (χ2n) is 4.96. The van der Waals surface area contributed by atoms with Crippen LogP contribution in [-0.4, -0.2) is 10.9 Å². The first-order chi connectivity index (χ1) is 11.5. The van der Waals surface area contributed by atoms with Crippen molar-refractivity contribution in [3.8, 4) is 5.75 Å². The molecule has 2 N–H and O–H groups in total. The van der Waals surface area contributed by atoms with E-state index in [2.05, 4.69) is 4.98 Å². The number of benzene rings is 2. The number of fused-ring (bicyclic) bond motifs is 1. The number of aromatic nitrogens is 1. The number of halogens is 3. The minimum absolute atomic E-state index is 0.00571. The molecule has 3 rings (SSSR count). The molecule has 1 amide bonds. The Morgan fingerprint density at radius 1 is 1.29 bits per heavy atom. The van der Waals surface area contributed by atoms with Crippen LogP contribution in [0.15, 0.2) is 30.3 Å². The Balaban J connectivity index is 1.83. The average Bonchev–Trinajstić information content (AvgIpc) is 2.95. The summed E-state index contributed by atoms with van der Waals surface area (Å²) in [7, 11) is 0. The largest absolute Gasteiger partial charge is 0.483 e. The second kappa shape index (κ2) is 6.70. The van der Waals surface area contributed by atoms with Gasteiger partial charge in [-0.3, -0.25) is 4.79 Å². The molecule has 1 aromatic heterocycles. The second-order valence-corrected chi connectivity index (χ2v) is 6.49. The van der Waals surface area contributed by atoms with E-state index in [1.807, 2.05) is 12.1 Å². The van der Waals surface area contributed by atoms with Gasteiger partial charge in [-0.05, 0) is 24.3 Å². The molecule has 0 spiro atoms. The maximum absolute atomic E-state index is 14.3. The Labute approximate surface area is 144 Å². The fourth-order valence-electron chi connectivity index (χ4n) is 2.19. The van der Waals surface area contributed by atoms with Gasteiger partial charge in [-0.1, -0.05) is 17.7 Å². The lowest BCUT2D eigenvalue weighted by atomic mass is 10.1. The summed E-state index contributed by atoms with van der Waals surface area (Å²) in [5.41, 5.74) is 5.24. The lowest BCUT2D eigenvalue weighted by Crippen LogP contribution is -2.16. The van der Waals surface area contributed by atoms with E-state index < -0.39 is 29.5 Å². The summed E-state index contributed by atoms with van der Waals surface area (Å²) in [6.07, 6.45) is -0.536. The highest BCUT2D eigenvalue weighted by Gasteiger charge is 2.17. The zero-order chi connectivity index (χ0) is 17.3. The molecule has 0 aliphatic carbocycles. The van der Waals surface area contributed by atoms with Gasteiger partial charge < -0.3 is 10.5 Å². The van der Waals surface area contributed by atoms with Crippen molar-refractivity contribution in [1.82, 2.24) is 4.98 Å². The third-order valence-electron chi connectivity index (χ3n) is 3.27. The maximum Gasteiger partial charge on any atom is 0.222 e. The first-order valence-electron chi connectivity index (χ1n) is 6.87. The molecule has 0 saturated carbocycles. The lowest BCUT2D eigenvalue weighted by molar-refractivity contribution is -0.117. The molecule has 124 valence electrons. The number of amides is 1. The van der Waals surface area contributed by atoms with Crippen LogP contribution in [0.25, 0.3) is 10.2 Å². The number of ether oxygens (including phenoxy) is 1. The Morgan fingerprint density at radius 2 is 2.08 bits per heavy atom. The molecule has 1 heterocycles. The van der Waals surface area contributed by atoms with Crippen LogP contribution >= 0.6 is 22.9 Å². The van der Waals surface area contributed by atoms with E-state index >= 15 is 0 Å². The predicted octanol–water partition coefficient (Wildman–Crippen LogP) is 3.83. The normalized spacial score (nSPS) is 11.0. The van der Waals surface area contributed by atoms with Crippen molar-refractivity contribution in [3.63, 3.8) is 0 Å². The first-order valence-corrected chi connectivity index (χ1v) is 8.07. The summed E-state index contributed by atoms with van der Waals surface area (Å²) in [4.78, 5) is 15.3. The van der Waals surface area contributed by atoms with Crippen LogP contribution in [0.3, 0.4) is 0 Å². The van der Waals surface area contributed by atoms with E-state index in [0.717, 1.165) is 16.8 Å². The topological polar surface area (TPSA) is 65.2 Å². The van der Waals surface area contributed by atoms with E-state index in [1.54, 1.807) is 6.07 Å². The van der Waals surface area contributed by atoms with Crippen LogP contribution in [-0.2, 0) is 17.8 Å².